The number of likely N-dealkylation sites (tertiary alicyclic amines) is 1. The normalized spacial score (nSPS) is 22.9. The summed E-state index contributed by atoms with van der Waals surface area (Å²) in [6.07, 6.45) is 6.86. The minimum atomic E-state index is 0.561. The number of rotatable bonds is 2. The molecule has 0 amide bonds. The highest BCUT2D eigenvalue weighted by atomic mass is 35.5. The third-order valence-electron chi connectivity index (χ3n) is 2.93. The molecule has 15 heavy (non-hydrogen) atoms. The van der Waals surface area contributed by atoms with E-state index in [0.29, 0.717) is 11.1 Å². The number of aromatic nitrogens is 2. The number of piperidine rings is 1. The first-order valence-electron chi connectivity index (χ1n) is 5.39. The van der Waals surface area contributed by atoms with Gasteiger partial charge in [0.2, 0.25) is 0 Å². The SMILES string of the molecule is CN1CCCC(Cc2nccnc2Cl)C1. The molecule has 0 bridgehead atoms. The lowest BCUT2D eigenvalue weighted by Crippen LogP contribution is -2.33. The molecule has 0 aliphatic carbocycles. The summed E-state index contributed by atoms with van der Waals surface area (Å²) in [7, 11) is 2.17. The molecule has 3 nitrogen and oxygen atoms in total. The van der Waals surface area contributed by atoms with Crippen LogP contribution in [0.15, 0.2) is 12.4 Å². The lowest BCUT2D eigenvalue weighted by atomic mass is 9.94. The zero-order chi connectivity index (χ0) is 10.7. The first-order chi connectivity index (χ1) is 7.25. The molecule has 0 saturated carbocycles. The van der Waals surface area contributed by atoms with E-state index in [9.17, 15) is 0 Å². The fourth-order valence-corrected chi connectivity index (χ4v) is 2.38. The van der Waals surface area contributed by atoms with Crippen molar-refractivity contribution >= 4 is 11.6 Å². The summed E-state index contributed by atoms with van der Waals surface area (Å²) in [5.74, 6) is 0.679. The van der Waals surface area contributed by atoms with Gasteiger partial charge in [0.15, 0.2) is 0 Å². The van der Waals surface area contributed by atoms with Gasteiger partial charge >= 0.3 is 0 Å². The van der Waals surface area contributed by atoms with Crippen LogP contribution in [0.4, 0.5) is 0 Å². The lowest BCUT2D eigenvalue weighted by molar-refractivity contribution is 0.208. The summed E-state index contributed by atoms with van der Waals surface area (Å²) >= 11 is 5.99. The van der Waals surface area contributed by atoms with Gasteiger partial charge in [-0.05, 0) is 38.8 Å². The second kappa shape index (κ2) is 4.90. The minimum Gasteiger partial charge on any atom is -0.306 e. The molecule has 1 fully saturated rings. The van der Waals surface area contributed by atoms with Gasteiger partial charge in [0.25, 0.3) is 0 Å². The molecule has 0 aromatic carbocycles. The Balaban J connectivity index is 1.99. The summed E-state index contributed by atoms with van der Waals surface area (Å²) < 4.78 is 0. The van der Waals surface area contributed by atoms with Crippen molar-refractivity contribution in [3.8, 4) is 0 Å². The Morgan fingerprint density at radius 1 is 1.47 bits per heavy atom. The minimum absolute atomic E-state index is 0.561. The van der Waals surface area contributed by atoms with Crippen LogP contribution < -0.4 is 0 Å². The van der Waals surface area contributed by atoms with Crippen LogP contribution in [0.5, 0.6) is 0 Å². The van der Waals surface area contributed by atoms with Crippen molar-refractivity contribution < 1.29 is 0 Å². The molecule has 1 aliphatic heterocycles. The van der Waals surface area contributed by atoms with Crippen molar-refractivity contribution in [2.75, 3.05) is 20.1 Å². The standard InChI is InChI=1S/C11H16ClN3/c1-15-6-2-3-9(8-15)7-10-11(12)14-5-4-13-10/h4-5,9H,2-3,6-8H2,1H3. The van der Waals surface area contributed by atoms with Crippen molar-refractivity contribution in [1.29, 1.82) is 0 Å². The van der Waals surface area contributed by atoms with Crippen molar-refractivity contribution in [2.24, 2.45) is 5.92 Å². The highest BCUT2D eigenvalue weighted by Gasteiger charge is 2.19. The van der Waals surface area contributed by atoms with E-state index in [0.717, 1.165) is 18.7 Å². The van der Waals surface area contributed by atoms with Gasteiger partial charge in [0, 0.05) is 18.9 Å². The maximum Gasteiger partial charge on any atom is 0.150 e. The molecular weight excluding hydrogens is 210 g/mol. The molecular formula is C11H16ClN3. The fraction of sp³-hybridized carbons (Fsp3) is 0.636. The van der Waals surface area contributed by atoms with Crippen LogP contribution in [0.25, 0.3) is 0 Å². The molecule has 1 aromatic rings. The first-order valence-corrected chi connectivity index (χ1v) is 5.77. The van der Waals surface area contributed by atoms with E-state index in [4.69, 9.17) is 11.6 Å². The Labute approximate surface area is 95.5 Å². The van der Waals surface area contributed by atoms with Gasteiger partial charge in [-0.25, -0.2) is 4.98 Å². The fourth-order valence-electron chi connectivity index (χ4n) is 2.20. The van der Waals surface area contributed by atoms with Crippen molar-refractivity contribution in [2.45, 2.75) is 19.3 Å². The quantitative estimate of drug-likeness (QED) is 0.771. The van der Waals surface area contributed by atoms with Gasteiger partial charge < -0.3 is 4.90 Å². The molecule has 0 spiro atoms. The van der Waals surface area contributed by atoms with E-state index in [1.54, 1.807) is 12.4 Å². The number of hydrogen-bond acceptors (Lipinski definition) is 3. The van der Waals surface area contributed by atoms with E-state index < -0.39 is 0 Å². The van der Waals surface area contributed by atoms with Crippen LogP contribution in [-0.2, 0) is 6.42 Å². The Bertz CT molecular complexity index is 329. The van der Waals surface area contributed by atoms with Crippen molar-refractivity contribution in [3.05, 3.63) is 23.2 Å². The average Bonchev–Trinajstić information content (AvgIpc) is 2.22. The molecule has 82 valence electrons. The second-order valence-corrected chi connectivity index (χ2v) is 4.63. The van der Waals surface area contributed by atoms with Gasteiger partial charge in [-0.2, -0.15) is 0 Å². The smallest absolute Gasteiger partial charge is 0.150 e. The van der Waals surface area contributed by atoms with E-state index in [-0.39, 0.29) is 0 Å². The predicted octanol–water partition coefficient (Wildman–Crippen LogP) is 2.01. The lowest BCUT2D eigenvalue weighted by Gasteiger charge is -2.29. The maximum absolute atomic E-state index is 5.99. The molecule has 2 rings (SSSR count). The summed E-state index contributed by atoms with van der Waals surface area (Å²) in [4.78, 5) is 10.7. The van der Waals surface area contributed by atoms with Gasteiger partial charge in [-0.1, -0.05) is 11.6 Å². The molecule has 1 aliphatic rings. The molecule has 0 radical (unpaired) electrons. The van der Waals surface area contributed by atoms with Gasteiger partial charge in [0.05, 0.1) is 5.69 Å². The monoisotopic (exact) mass is 225 g/mol. The van der Waals surface area contributed by atoms with E-state index >= 15 is 0 Å². The van der Waals surface area contributed by atoms with Crippen LogP contribution in [0.1, 0.15) is 18.5 Å². The summed E-state index contributed by atoms with van der Waals surface area (Å²) in [6, 6.07) is 0. The zero-order valence-corrected chi connectivity index (χ0v) is 9.74. The topological polar surface area (TPSA) is 29.0 Å². The third kappa shape index (κ3) is 2.89. The number of nitrogens with zero attached hydrogens (tertiary/aromatic N) is 3. The van der Waals surface area contributed by atoms with Crippen molar-refractivity contribution in [3.63, 3.8) is 0 Å². The number of halogens is 1. The molecule has 4 heteroatoms. The Kier molecular flexibility index (Phi) is 3.54. The van der Waals surface area contributed by atoms with Crippen LogP contribution in [0.2, 0.25) is 5.15 Å². The molecule has 1 saturated heterocycles. The summed E-state index contributed by atoms with van der Waals surface area (Å²) in [5, 5.41) is 0.561. The maximum atomic E-state index is 5.99. The predicted molar refractivity (Wildman–Crippen MR) is 61.0 cm³/mol. The second-order valence-electron chi connectivity index (χ2n) is 4.27. The average molecular weight is 226 g/mol. The van der Waals surface area contributed by atoms with Crippen LogP contribution >= 0.6 is 11.6 Å². The van der Waals surface area contributed by atoms with Gasteiger partial charge in [-0.3, -0.25) is 4.98 Å². The Hall–Kier alpha value is -0.670. The largest absolute Gasteiger partial charge is 0.306 e. The molecule has 1 atom stereocenters. The highest BCUT2D eigenvalue weighted by molar-refractivity contribution is 6.29. The molecule has 1 aromatic heterocycles. The van der Waals surface area contributed by atoms with Crippen LogP contribution in [-0.4, -0.2) is 35.0 Å². The van der Waals surface area contributed by atoms with E-state index in [1.807, 2.05) is 0 Å². The summed E-state index contributed by atoms with van der Waals surface area (Å²) in [6.45, 7) is 2.36. The number of hydrogen-bond donors (Lipinski definition) is 0. The van der Waals surface area contributed by atoms with E-state index in [1.165, 1.54) is 19.4 Å². The van der Waals surface area contributed by atoms with Crippen LogP contribution in [0, 0.1) is 5.92 Å². The Morgan fingerprint density at radius 2 is 2.27 bits per heavy atom. The molecule has 0 N–H and O–H groups in total. The Morgan fingerprint density at radius 3 is 3.00 bits per heavy atom. The molecule has 1 unspecified atom stereocenters. The first kappa shape index (κ1) is 10.8. The van der Waals surface area contributed by atoms with Crippen molar-refractivity contribution in [1.82, 2.24) is 14.9 Å². The molecule has 2 heterocycles. The highest BCUT2D eigenvalue weighted by Crippen LogP contribution is 2.21. The van der Waals surface area contributed by atoms with Gasteiger partial charge in [-0.15, -0.1) is 0 Å². The summed E-state index contributed by atoms with van der Waals surface area (Å²) in [5.41, 5.74) is 0.944. The van der Waals surface area contributed by atoms with Crippen LogP contribution in [0.3, 0.4) is 0 Å². The zero-order valence-electron chi connectivity index (χ0n) is 8.99. The van der Waals surface area contributed by atoms with E-state index in [2.05, 4.69) is 21.9 Å². The third-order valence-corrected chi connectivity index (χ3v) is 3.24. The van der Waals surface area contributed by atoms with Gasteiger partial charge in [0.1, 0.15) is 5.15 Å².